The number of hydrogen-bond donors (Lipinski definition) is 1. The van der Waals surface area contributed by atoms with Crippen molar-refractivity contribution in [1.82, 2.24) is 5.32 Å². The molecule has 1 aliphatic rings. The largest absolute Gasteiger partial charge is 0.493 e. The number of thiocarbonyl (C=S) groups is 1. The number of hydrogen-bond acceptors (Lipinski definition) is 6. The van der Waals surface area contributed by atoms with Crippen LogP contribution in [-0.4, -0.2) is 23.3 Å². The van der Waals surface area contributed by atoms with E-state index in [0.29, 0.717) is 26.1 Å². The number of aryl methyl sites for hydroxylation is 1. The highest BCUT2D eigenvalue weighted by Crippen LogP contribution is 2.32. The number of carbonyl (C=O) groups excluding carboxylic acids is 2. The summed E-state index contributed by atoms with van der Waals surface area (Å²) in [5, 5.41) is 2.56. The Balaban J connectivity index is 1.87. The summed E-state index contributed by atoms with van der Waals surface area (Å²) in [6.07, 6.45) is 1.68. The Morgan fingerprint density at radius 3 is 2.50 bits per heavy atom. The lowest BCUT2D eigenvalue weighted by Gasteiger charge is -2.10. The highest BCUT2D eigenvalue weighted by atomic mass is 32.2. The van der Waals surface area contributed by atoms with Crippen LogP contribution in [0.2, 0.25) is 0 Å². The van der Waals surface area contributed by atoms with Crippen LogP contribution in [0, 0.1) is 6.92 Å². The highest BCUT2D eigenvalue weighted by Gasteiger charge is 2.22. The average Bonchev–Trinajstić information content (AvgIpc) is 2.93. The third-order valence-corrected chi connectivity index (χ3v) is 4.78. The van der Waals surface area contributed by atoms with Gasteiger partial charge in [0.05, 0.1) is 17.6 Å². The molecule has 1 amide bonds. The maximum atomic E-state index is 12.4. The second-order valence-corrected chi connectivity index (χ2v) is 7.24. The fourth-order valence-corrected chi connectivity index (χ4v) is 3.33. The van der Waals surface area contributed by atoms with E-state index in [-0.39, 0.29) is 11.7 Å². The minimum Gasteiger partial charge on any atom is -0.493 e. The van der Waals surface area contributed by atoms with Gasteiger partial charge in [0.25, 0.3) is 5.91 Å². The van der Waals surface area contributed by atoms with Gasteiger partial charge in [0, 0.05) is 0 Å². The van der Waals surface area contributed by atoms with Gasteiger partial charge >= 0.3 is 5.97 Å². The summed E-state index contributed by atoms with van der Waals surface area (Å²) in [7, 11) is 1.50. The van der Waals surface area contributed by atoms with Crippen LogP contribution in [0.4, 0.5) is 0 Å². The predicted octanol–water partition coefficient (Wildman–Crippen LogP) is 3.71. The molecule has 0 spiro atoms. The van der Waals surface area contributed by atoms with Crippen molar-refractivity contribution in [3.8, 4) is 11.5 Å². The SMILES string of the molecule is COc1ccc(/C=C2\SC(=S)NC2=O)cc1OC(=O)c1ccc(C)cc1. The second-order valence-electron chi connectivity index (χ2n) is 5.52. The lowest BCUT2D eigenvalue weighted by Crippen LogP contribution is -2.17. The van der Waals surface area contributed by atoms with E-state index < -0.39 is 5.97 Å². The van der Waals surface area contributed by atoms with Gasteiger partial charge in [-0.1, -0.05) is 47.7 Å². The molecule has 0 aromatic heterocycles. The van der Waals surface area contributed by atoms with Crippen LogP contribution in [0.15, 0.2) is 47.4 Å². The predicted molar refractivity (Wildman–Crippen MR) is 105 cm³/mol. The minimum absolute atomic E-state index is 0.242. The average molecular weight is 385 g/mol. The van der Waals surface area contributed by atoms with E-state index in [1.54, 1.807) is 36.4 Å². The number of nitrogens with one attached hydrogen (secondary N) is 1. The summed E-state index contributed by atoms with van der Waals surface area (Å²) in [4.78, 5) is 24.6. The number of carbonyl (C=O) groups is 2. The van der Waals surface area contributed by atoms with Crippen molar-refractivity contribution in [2.24, 2.45) is 0 Å². The molecule has 0 bridgehead atoms. The normalized spacial score (nSPS) is 15.1. The summed E-state index contributed by atoms with van der Waals surface area (Å²) in [5.41, 5.74) is 2.19. The molecule has 0 unspecified atom stereocenters. The summed E-state index contributed by atoms with van der Waals surface area (Å²) >= 11 is 6.17. The number of methoxy groups -OCH3 is 1. The Morgan fingerprint density at radius 2 is 1.88 bits per heavy atom. The summed E-state index contributed by atoms with van der Waals surface area (Å²) in [6, 6.07) is 12.2. The fourth-order valence-electron chi connectivity index (χ4n) is 2.28. The minimum atomic E-state index is -0.484. The van der Waals surface area contributed by atoms with Crippen molar-refractivity contribution < 1.29 is 19.1 Å². The van der Waals surface area contributed by atoms with Crippen LogP contribution in [-0.2, 0) is 4.79 Å². The number of thioether (sulfide) groups is 1. The van der Waals surface area contributed by atoms with E-state index in [0.717, 1.165) is 5.56 Å². The van der Waals surface area contributed by atoms with Gasteiger partial charge in [0.2, 0.25) is 0 Å². The molecule has 0 aliphatic carbocycles. The lowest BCUT2D eigenvalue weighted by molar-refractivity contribution is -0.115. The van der Waals surface area contributed by atoms with E-state index in [2.05, 4.69) is 5.32 Å². The van der Waals surface area contributed by atoms with Crippen molar-refractivity contribution in [2.45, 2.75) is 6.92 Å². The highest BCUT2D eigenvalue weighted by molar-refractivity contribution is 8.26. The lowest BCUT2D eigenvalue weighted by atomic mass is 10.1. The summed E-state index contributed by atoms with van der Waals surface area (Å²) in [6.45, 7) is 1.94. The van der Waals surface area contributed by atoms with Crippen LogP contribution in [0.5, 0.6) is 11.5 Å². The fraction of sp³-hybridized carbons (Fsp3) is 0.105. The first-order valence-electron chi connectivity index (χ1n) is 7.68. The Labute approximate surface area is 160 Å². The van der Waals surface area contributed by atoms with Gasteiger partial charge in [-0.25, -0.2) is 4.79 Å². The van der Waals surface area contributed by atoms with Crippen molar-refractivity contribution >= 4 is 46.3 Å². The van der Waals surface area contributed by atoms with Crippen molar-refractivity contribution in [2.75, 3.05) is 7.11 Å². The van der Waals surface area contributed by atoms with Crippen molar-refractivity contribution in [1.29, 1.82) is 0 Å². The molecule has 5 nitrogen and oxygen atoms in total. The van der Waals surface area contributed by atoms with E-state index in [1.165, 1.54) is 18.9 Å². The molecule has 1 N–H and O–H groups in total. The molecule has 0 radical (unpaired) electrons. The first kappa shape index (κ1) is 18.2. The zero-order valence-corrected chi connectivity index (χ0v) is 15.7. The van der Waals surface area contributed by atoms with Crippen LogP contribution in [0.1, 0.15) is 21.5 Å². The van der Waals surface area contributed by atoms with Gasteiger partial charge in [-0.2, -0.15) is 0 Å². The Hall–Kier alpha value is -2.64. The van der Waals surface area contributed by atoms with E-state index in [4.69, 9.17) is 21.7 Å². The number of esters is 1. The number of ether oxygens (including phenoxy) is 2. The molecule has 3 rings (SSSR count). The Morgan fingerprint density at radius 1 is 1.15 bits per heavy atom. The maximum absolute atomic E-state index is 12.4. The number of amides is 1. The molecule has 1 fully saturated rings. The van der Waals surface area contributed by atoms with Gasteiger partial charge in [-0.05, 0) is 42.8 Å². The van der Waals surface area contributed by atoms with Crippen LogP contribution < -0.4 is 14.8 Å². The molecule has 1 saturated heterocycles. The standard InChI is InChI=1S/C19H15NO4S2/c1-11-3-6-13(7-4-11)18(22)24-15-9-12(5-8-14(15)23-2)10-16-17(21)20-19(25)26-16/h3-10H,1-2H3,(H,20,21,25)/b16-10-. The van der Waals surface area contributed by atoms with Gasteiger partial charge in [-0.15, -0.1) is 0 Å². The smallest absolute Gasteiger partial charge is 0.343 e. The molecule has 26 heavy (non-hydrogen) atoms. The molecular formula is C19H15NO4S2. The zero-order chi connectivity index (χ0) is 18.7. The van der Waals surface area contributed by atoms with Crippen molar-refractivity contribution in [3.05, 3.63) is 64.1 Å². The summed E-state index contributed by atoms with van der Waals surface area (Å²) in [5.74, 6) is -0.0265. The molecule has 0 atom stereocenters. The van der Waals surface area contributed by atoms with Gasteiger partial charge in [-0.3, -0.25) is 4.79 Å². The number of benzene rings is 2. The van der Waals surface area contributed by atoms with Crippen LogP contribution in [0.25, 0.3) is 6.08 Å². The first-order valence-corrected chi connectivity index (χ1v) is 8.90. The molecular weight excluding hydrogens is 370 g/mol. The molecule has 7 heteroatoms. The molecule has 0 saturated carbocycles. The maximum Gasteiger partial charge on any atom is 0.343 e. The van der Waals surface area contributed by atoms with Gasteiger partial charge in [0.15, 0.2) is 11.5 Å². The Bertz CT molecular complexity index is 920. The molecule has 132 valence electrons. The monoisotopic (exact) mass is 385 g/mol. The van der Waals surface area contributed by atoms with Gasteiger partial charge < -0.3 is 14.8 Å². The molecule has 1 heterocycles. The van der Waals surface area contributed by atoms with Gasteiger partial charge in [0.1, 0.15) is 4.32 Å². The summed E-state index contributed by atoms with van der Waals surface area (Å²) < 4.78 is 11.2. The third-order valence-electron chi connectivity index (χ3n) is 3.62. The quantitative estimate of drug-likeness (QED) is 0.375. The van der Waals surface area contributed by atoms with E-state index in [9.17, 15) is 9.59 Å². The van der Waals surface area contributed by atoms with Crippen LogP contribution >= 0.6 is 24.0 Å². The van der Waals surface area contributed by atoms with E-state index >= 15 is 0 Å². The second kappa shape index (κ2) is 7.72. The Kier molecular flexibility index (Phi) is 5.39. The number of rotatable bonds is 4. The zero-order valence-electron chi connectivity index (χ0n) is 14.1. The third kappa shape index (κ3) is 4.12. The first-order chi connectivity index (χ1) is 12.5. The molecule has 2 aromatic rings. The molecule has 1 aliphatic heterocycles. The molecule has 2 aromatic carbocycles. The van der Waals surface area contributed by atoms with Crippen LogP contribution in [0.3, 0.4) is 0 Å². The topological polar surface area (TPSA) is 64.6 Å². The van der Waals surface area contributed by atoms with Crippen molar-refractivity contribution in [3.63, 3.8) is 0 Å². The van der Waals surface area contributed by atoms with E-state index in [1.807, 2.05) is 19.1 Å².